The highest BCUT2D eigenvalue weighted by Gasteiger charge is 2.22. The fourth-order valence-electron chi connectivity index (χ4n) is 1.21. The van der Waals surface area contributed by atoms with Crippen LogP contribution in [0.1, 0.15) is 11.1 Å². The molecule has 0 N–H and O–H groups in total. The molecule has 1 aliphatic rings. The Bertz CT molecular complexity index is 251. The van der Waals surface area contributed by atoms with Gasteiger partial charge in [0, 0.05) is 6.42 Å². The molecular weight excluding hydrogens is 136 g/mol. The first-order valence-corrected chi connectivity index (χ1v) is 3.94. The van der Waals surface area contributed by atoms with Gasteiger partial charge in [0.25, 0.3) is 0 Å². The van der Waals surface area contributed by atoms with Gasteiger partial charge < -0.3 is 4.74 Å². The van der Waals surface area contributed by atoms with Crippen molar-refractivity contribution < 1.29 is 4.74 Å². The summed E-state index contributed by atoms with van der Waals surface area (Å²) in [4.78, 5) is 0. The van der Waals surface area contributed by atoms with Crippen LogP contribution in [0, 0.1) is 13.0 Å². The van der Waals surface area contributed by atoms with Crippen LogP contribution in [-0.4, -0.2) is 12.7 Å². The molecule has 1 heterocycles. The zero-order valence-electron chi connectivity index (χ0n) is 6.63. The number of aryl methyl sites for hydroxylation is 1. The lowest BCUT2D eigenvalue weighted by atomic mass is 10.0. The standard InChI is InChI=1S/C10H11O/c1-8-4-2-3-5-9(8)6-10-7-11-10/h2-3,5,10H,6-7H2,1H3. The minimum atomic E-state index is 0.490. The summed E-state index contributed by atoms with van der Waals surface area (Å²) in [6.45, 7) is 3.03. The second kappa shape index (κ2) is 2.67. The molecule has 1 aromatic carbocycles. The molecule has 1 fully saturated rings. The van der Waals surface area contributed by atoms with Gasteiger partial charge in [-0.25, -0.2) is 0 Å². The van der Waals surface area contributed by atoms with Crippen molar-refractivity contribution in [2.45, 2.75) is 19.4 Å². The van der Waals surface area contributed by atoms with Crippen molar-refractivity contribution in [3.8, 4) is 0 Å². The molecule has 0 bridgehead atoms. The lowest BCUT2D eigenvalue weighted by Gasteiger charge is -2.00. The molecule has 0 aliphatic carbocycles. The highest BCUT2D eigenvalue weighted by molar-refractivity contribution is 5.25. The van der Waals surface area contributed by atoms with E-state index in [1.165, 1.54) is 11.1 Å². The molecule has 1 saturated heterocycles. The lowest BCUT2D eigenvalue weighted by Crippen LogP contribution is -1.95. The minimum Gasteiger partial charge on any atom is -0.373 e. The number of hydrogen-bond donors (Lipinski definition) is 0. The van der Waals surface area contributed by atoms with Crippen LogP contribution in [0.5, 0.6) is 0 Å². The molecular formula is C10H11O. The van der Waals surface area contributed by atoms with Crippen molar-refractivity contribution in [3.63, 3.8) is 0 Å². The predicted octanol–water partition coefficient (Wildman–Crippen LogP) is 1.74. The summed E-state index contributed by atoms with van der Waals surface area (Å²) in [6.07, 6.45) is 1.55. The van der Waals surface area contributed by atoms with E-state index in [1.807, 2.05) is 12.1 Å². The Balaban J connectivity index is 2.15. The van der Waals surface area contributed by atoms with Crippen LogP contribution in [0.25, 0.3) is 0 Å². The third kappa shape index (κ3) is 1.60. The van der Waals surface area contributed by atoms with Gasteiger partial charge >= 0.3 is 0 Å². The first kappa shape index (κ1) is 6.86. The molecule has 1 atom stereocenters. The molecule has 1 aliphatic heterocycles. The highest BCUT2D eigenvalue weighted by atomic mass is 16.6. The van der Waals surface area contributed by atoms with Crippen molar-refractivity contribution in [1.29, 1.82) is 0 Å². The second-order valence-corrected chi connectivity index (χ2v) is 2.98. The number of hydrogen-bond acceptors (Lipinski definition) is 1. The van der Waals surface area contributed by atoms with Crippen molar-refractivity contribution in [2.75, 3.05) is 6.61 Å². The van der Waals surface area contributed by atoms with Gasteiger partial charge in [0.05, 0.1) is 12.7 Å². The van der Waals surface area contributed by atoms with Crippen LogP contribution in [-0.2, 0) is 11.2 Å². The van der Waals surface area contributed by atoms with E-state index < -0.39 is 0 Å². The predicted molar refractivity (Wildman–Crippen MR) is 43.5 cm³/mol. The van der Waals surface area contributed by atoms with Crippen molar-refractivity contribution in [1.82, 2.24) is 0 Å². The fraction of sp³-hybridized carbons (Fsp3) is 0.400. The summed E-state index contributed by atoms with van der Waals surface area (Å²) in [5, 5.41) is 0. The molecule has 2 rings (SSSR count). The zero-order chi connectivity index (χ0) is 7.68. The average Bonchev–Trinajstić information content (AvgIpc) is 2.78. The largest absolute Gasteiger partial charge is 0.373 e. The average molecular weight is 147 g/mol. The Morgan fingerprint density at radius 1 is 1.73 bits per heavy atom. The Labute approximate surface area is 67.0 Å². The minimum absolute atomic E-state index is 0.490. The molecule has 57 valence electrons. The topological polar surface area (TPSA) is 12.5 Å². The molecule has 1 nitrogen and oxygen atoms in total. The summed E-state index contributed by atoms with van der Waals surface area (Å²) < 4.78 is 5.15. The van der Waals surface area contributed by atoms with Gasteiger partial charge in [-0.15, -0.1) is 0 Å². The first-order valence-electron chi connectivity index (χ1n) is 3.94. The quantitative estimate of drug-likeness (QED) is 0.580. The maximum absolute atomic E-state index is 5.15. The molecule has 1 radical (unpaired) electrons. The first-order chi connectivity index (χ1) is 5.36. The second-order valence-electron chi connectivity index (χ2n) is 2.98. The van der Waals surface area contributed by atoms with Crippen LogP contribution < -0.4 is 0 Å². The monoisotopic (exact) mass is 147 g/mol. The van der Waals surface area contributed by atoms with Crippen LogP contribution >= 0.6 is 0 Å². The van der Waals surface area contributed by atoms with E-state index in [2.05, 4.69) is 19.1 Å². The van der Waals surface area contributed by atoms with E-state index in [0.717, 1.165) is 13.0 Å². The number of rotatable bonds is 2. The SMILES string of the molecule is Cc1[c]cccc1CC1CO1. The summed E-state index contributed by atoms with van der Waals surface area (Å²) >= 11 is 0. The maximum atomic E-state index is 5.15. The lowest BCUT2D eigenvalue weighted by molar-refractivity contribution is 0.407. The molecule has 1 aromatic rings. The Morgan fingerprint density at radius 2 is 2.55 bits per heavy atom. The Morgan fingerprint density at radius 3 is 3.18 bits per heavy atom. The van der Waals surface area contributed by atoms with Gasteiger partial charge in [0.1, 0.15) is 0 Å². The highest BCUT2D eigenvalue weighted by Crippen LogP contribution is 2.17. The molecule has 0 amide bonds. The van der Waals surface area contributed by atoms with E-state index in [-0.39, 0.29) is 0 Å². The van der Waals surface area contributed by atoms with Gasteiger partial charge in [0.15, 0.2) is 0 Å². The van der Waals surface area contributed by atoms with Gasteiger partial charge in [0.2, 0.25) is 0 Å². The maximum Gasteiger partial charge on any atom is 0.0850 e. The summed E-state index contributed by atoms with van der Waals surface area (Å²) in [6, 6.07) is 9.31. The molecule has 11 heavy (non-hydrogen) atoms. The summed E-state index contributed by atoms with van der Waals surface area (Å²) in [7, 11) is 0. The Kier molecular flexibility index (Phi) is 1.66. The van der Waals surface area contributed by atoms with E-state index >= 15 is 0 Å². The number of ether oxygens (including phenoxy) is 1. The zero-order valence-corrected chi connectivity index (χ0v) is 6.63. The third-order valence-electron chi connectivity index (χ3n) is 2.03. The van der Waals surface area contributed by atoms with Crippen LogP contribution in [0.15, 0.2) is 18.2 Å². The molecule has 0 spiro atoms. The normalized spacial score (nSPS) is 21.7. The molecule has 1 unspecified atom stereocenters. The smallest absolute Gasteiger partial charge is 0.0850 e. The van der Waals surface area contributed by atoms with Crippen molar-refractivity contribution in [3.05, 3.63) is 35.4 Å². The molecule has 0 aromatic heterocycles. The molecule has 0 saturated carbocycles. The van der Waals surface area contributed by atoms with E-state index in [9.17, 15) is 0 Å². The van der Waals surface area contributed by atoms with E-state index in [1.54, 1.807) is 0 Å². The molecule has 1 heteroatoms. The third-order valence-corrected chi connectivity index (χ3v) is 2.03. The Hall–Kier alpha value is -0.820. The number of benzene rings is 1. The summed E-state index contributed by atoms with van der Waals surface area (Å²) in [5.74, 6) is 0. The van der Waals surface area contributed by atoms with Gasteiger partial charge in [-0.3, -0.25) is 0 Å². The van der Waals surface area contributed by atoms with Crippen LogP contribution in [0.4, 0.5) is 0 Å². The summed E-state index contributed by atoms with van der Waals surface area (Å²) in [5.41, 5.74) is 2.62. The number of epoxide rings is 1. The fourth-order valence-corrected chi connectivity index (χ4v) is 1.21. The van der Waals surface area contributed by atoms with Crippen LogP contribution in [0.2, 0.25) is 0 Å². The van der Waals surface area contributed by atoms with Gasteiger partial charge in [-0.05, 0) is 24.1 Å². The van der Waals surface area contributed by atoms with Crippen molar-refractivity contribution >= 4 is 0 Å². The van der Waals surface area contributed by atoms with E-state index in [0.29, 0.717) is 6.10 Å². The van der Waals surface area contributed by atoms with Crippen LogP contribution in [0.3, 0.4) is 0 Å². The van der Waals surface area contributed by atoms with E-state index in [4.69, 9.17) is 4.74 Å². The van der Waals surface area contributed by atoms with Gasteiger partial charge in [-0.1, -0.05) is 18.2 Å². The van der Waals surface area contributed by atoms with Gasteiger partial charge in [-0.2, -0.15) is 0 Å². The van der Waals surface area contributed by atoms with Crippen molar-refractivity contribution in [2.24, 2.45) is 0 Å².